The average molecular weight is 319 g/mol. The molecule has 0 spiro atoms. The van der Waals surface area contributed by atoms with Crippen LogP contribution in [0.5, 0.6) is 0 Å². The SMILES string of the molecule is CC.CCCC(C)(C)C(=O)NCc1ccc(C(=O)C(C)C)cc1. The fourth-order valence-corrected chi connectivity index (χ4v) is 2.28. The second-order valence-electron chi connectivity index (χ2n) is 6.53. The summed E-state index contributed by atoms with van der Waals surface area (Å²) in [5.41, 5.74) is 1.41. The minimum absolute atomic E-state index is 0.00500. The molecule has 0 aliphatic rings. The highest BCUT2D eigenvalue weighted by atomic mass is 16.2. The third-order valence-electron chi connectivity index (χ3n) is 3.71. The Bertz CT molecular complexity index is 487. The number of benzene rings is 1. The first kappa shape index (κ1) is 21.4. The van der Waals surface area contributed by atoms with Crippen molar-refractivity contribution in [3.05, 3.63) is 35.4 Å². The minimum atomic E-state index is -0.331. The van der Waals surface area contributed by atoms with Crippen molar-refractivity contribution in [1.29, 1.82) is 0 Å². The van der Waals surface area contributed by atoms with Crippen molar-refractivity contribution >= 4 is 11.7 Å². The highest BCUT2D eigenvalue weighted by Gasteiger charge is 2.25. The van der Waals surface area contributed by atoms with E-state index in [2.05, 4.69) is 12.2 Å². The Labute approximate surface area is 141 Å². The Hall–Kier alpha value is -1.64. The van der Waals surface area contributed by atoms with E-state index in [9.17, 15) is 9.59 Å². The van der Waals surface area contributed by atoms with Gasteiger partial charge in [-0.3, -0.25) is 9.59 Å². The molecule has 1 aromatic rings. The van der Waals surface area contributed by atoms with Gasteiger partial charge in [0.15, 0.2) is 5.78 Å². The topological polar surface area (TPSA) is 46.2 Å². The monoisotopic (exact) mass is 319 g/mol. The van der Waals surface area contributed by atoms with Crippen molar-refractivity contribution in [3.8, 4) is 0 Å². The molecule has 1 aromatic carbocycles. The number of Topliss-reactive ketones (excluding diaryl/α,β-unsaturated/α-hetero) is 1. The van der Waals surface area contributed by atoms with Crippen LogP contribution in [0.25, 0.3) is 0 Å². The third-order valence-corrected chi connectivity index (χ3v) is 3.71. The summed E-state index contributed by atoms with van der Waals surface area (Å²) in [4.78, 5) is 24.0. The highest BCUT2D eigenvalue weighted by Crippen LogP contribution is 2.22. The zero-order valence-corrected chi connectivity index (χ0v) is 15.8. The van der Waals surface area contributed by atoms with Crippen LogP contribution in [-0.4, -0.2) is 11.7 Å². The van der Waals surface area contributed by atoms with E-state index in [0.29, 0.717) is 6.54 Å². The molecule has 1 amide bonds. The van der Waals surface area contributed by atoms with Gasteiger partial charge >= 0.3 is 0 Å². The van der Waals surface area contributed by atoms with E-state index in [1.165, 1.54) is 0 Å². The molecular formula is C20H33NO2. The van der Waals surface area contributed by atoms with E-state index in [4.69, 9.17) is 0 Å². The first-order chi connectivity index (χ1) is 10.8. The molecule has 0 aliphatic carbocycles. The maximum Gasteiger partial charge on any atom is 0.225 e. The second kappa shape index (κ2) is 10.2. The molecule has 0 unspecified atom stereocenters. The van der Waals surface area contributed by atoms with Crippen LogP contribution in [-0.2, 0) is 11.3 Å². The lowest BCUT2D eigenvalue weighted by atomic mass is 9.87. The number of carbonyl (C=O) groups is 2. The van der Waals surface area contributed by atoms with Crippen LogP contribution in [0.2, 0.25) is 0 Å². The van der Waals surface area contributed by atoms with Crippen LogP contribution in [0.3, 0.4) is 0 Å². The lowest BCUT2D eigenvalue weighted by Crippen LogP contribution is -2.36. The number of hydrogen-bond donors (Lipinski definition) is 1. The quantitative estimate of drug-likeness (QED) is 0.719. The Morgan fingerprint density at radius 3 is 2.04 bits per heavy atom. The lowest BCUT2D eigenvalue weighted by molar-refractivity contribution is -0.129. The largest absolute Gasteiger partial charge is 0.352 e. The number of rotatable bonds is 7. The number of carbonyl (C=O) groups excluding carboxylic acids is 2. The van der Waals surface area contributed by atoms with Gasteiger partial charge in [0.25, 0.3) is 0 Å². The van der Waals surface area contributed by atoms with E-state index < -0.39 is 0 Å². The van der Waals surface area contributed by atoms with Crippen molar-refractivity contribution in [1.82, 2.24) is 5.32 Å². The zero-order valence-electron chi connectivity index (χ0n) is 15.8. The second-order valence-corrected chi connectivity index (χ2v) is 6.53. The van der Waals surface area contributed by atoms with Crippen molar-refractivity contribution in [3.63, 3.8) is 0 Å². The van der Waals surface area contributed by atoms with E-state index in [0.717, 1.165) is 24.0 Å². The summed E-state index contributed by atoms with van der Waals surface area (Å²) in [6, 6.07) is 7.48. The van der Waals surface area contributed by atoms with Gasteiger partial charge in [-0.2, -0.15) is 0 Å². The van der Waals surface area contributed by atoms with Gasteiger partial charge in [-0.1, -0.05) is 79.2 Å². The fourth-order valence-electron chi connectivity index (χ4n) is 2.28. The first-order valence-corrected chi connectivity index (χ1v) is 8.69. The predicted molar refractivity (Wildman–Crippen MR) is 97.5 cm³/mol. The molecule has 0 aliphatic heterocycles. The molecule has 0 bridgehead atoms. The Balaban J connectivity index is 0.00000232. The minimum Gasteiger partial charge on any atom is -0.352 e. The fraction of sp³-hybridized carbons (Fsp3) is 0.600. The van der Waals surface area contributed by atoms with E-state index in [-0.39, 0.29) is 23.0 Å². The number of nitrogens with one attached hydrogen (secondary N) is 1. The van der Waals surface area contributed by atoms with Gasteiger partial charge in [-0.25, -0.2) is 0 Å². The summed E-state index contributed by atoms with van der Waals surface area (Å²) in [5, 5.41) is 2.97. The molecule has 3 heteroatoms. The zero-order chi connectivity index (χ0) is 18.0. The van der Waals surface area contributed by atoms with Crippen molar-refractivity contribution in [2.24, 2.45) is 11.3 Å². The van der Waals surface area contributed by atoms with E-state index in [1.54, 1.807) is 0 Å². The van der Waals surface area contributed by atoms with Crippen LogP contribution < -0.4 is 5.32 Å². The highest BCUT2D eigenvalue weighted by molar-refractivity contribution is 5.97. The Morgan fingerprint density at radius 1 is 1.09 bits per heavy atom. The average Bonchev–Trinajstić information content (AvgIpc) is 2.54. The molecule has 0 fully saturated rings. The maximum atomic E-state index is 12.1. The van der Waals surface area contributed by atoms with Gasteiger partial charge < -0.3 is 5.32 Å². The smallest absolute Gasteiger partial charge is 0.225 e. The Morgan fingerprint density at radius 2 is 1.61 bits per heavy atom. The summed E-state index contributed by atoms with van der Waals surface area (Å²) < 4.78 is 0. The summed E-state index contributed by atoms with van der Waals surface area (Å²) >= 11 is 0. The molecular weight excluding hydrogens is 286 g/mol. The van der Waals surface area contributed by atoms with Crippen molar-refractivity contribution in [2.75, 3.05) is 0 Å². The summed E-state index contributed by atoms with van der Waals surface area (Å²) in [6.45, 7) is 14.3. The third kappa shape index (κ3) is 6.98. The molecule has 130 valence electrons. The van der Waals surface area contributed by atoms with Gasteiger partial charge in [0.1, 0.15) is 0 Å². The molecule has 23 heavy (non-hydrogen) atoms. The molecule has 3 nitrogen and oxygen atoms in total. The normalized spacial score (nSPS) is 10.8. The van der Waals surface area contributed by atoms with Crippen LogP contribution >= 0.6 is 0 Å². The summed E-state index contributed by atoms with van der Waals surface area (Å²) in [7, 11) is 0. The first-order valence-electron chi connectivity index (χ1n) is 8.69. The maximum absolute atomic E-state index is 12.1. The van der Waals surface area contributed by atoms with Crippen LogP contribution in [0.4, 0.5) is 0 Å². The predicted octanol–water partition coefficient (Wildman–Crippen LogP) is 4.99. The molecule has 0 atom stereocenters. The number of hydrogen-bond acceptors (Lipinski definition) is 2. The van der Waals surface area contributed by atoms with Crippen molar-refractivity contribution in [2.45, 2.75) is 67.9 Å². The van der Waals surface area contributed by atoms with Gasteiger partial charge in [-0.05, 0) is 12.0 Å². The summed E-state index contributed by atoms with van der Waals surface area (Å²) in [5.74, 6) is 0.228. The molecule has 0 saturated carbocycles. The van der Waals surface area contributed by atoms with Crippen LogP contribution in [0, 0.1) is 11.3 Å². The van der Waals surface area contributed by atoms with E-state index >= 15 is 0 Å². The van der Waals surface area contributed by atoms with Crippen LogP contribution in [0.15, 0.2) is 24.3 Å². The van der Waals surface area contributed by atoms with Gasteiger partial charge in [0, 0.05) is 23.4 Å². The molecule has 1 rings (SSSR count). The van der Waals surface area contributed by atoms with Crippen molar-refractivity contribution < 1.29 is 9.59 Å². The molecule has 0 aromatic heterocycles. The molecule has 1 N–H and O–H groups in total. The number of ketones is 1. The standard InChI is InChI=1S/C18H27NO2.C2H6/c1-6-11-18(4,5)17(21)19-12-14-7-9-15(10-8-14)16(20)13(2)3;1-2/h7-10,13H,6,11-12H2,1-5H3,(H,19,21);1-2H3. The molecule has 0 saturated heterocycles. The van der Waals surface area contributed by atoms with E-state index in [1.807, 2.05) is 65.8 Å². The number of amides is 1. The van der Waals surface area contributed by atoms with Crippen LogP contribution in [0.1, 0.15) is 77.2 Å². The summed E-state index contributed by atoms with van der Waals surface area (Å²) in [6.07, 6.45) is 1.87. The molecule has 0 radical (unpaired) electrons. The lowest BCUT2D eigenvalue weighted by Gasteiger charge is -2.22. The van der Waals surface area contributed by atoms with Gasteiger partial charge in [0.05, 0.1) is 0 Å². The molecule has 0 heterocycles. The van der Waals surface area contributed by atoms with Gasteiger partial charge in [-0.15, -0.1) is 0 Å². The Kier molecular flexibility index (Phi) is 9.47. The van der Waals surface area contributed by atoms with Gasteiger partial charge in [0.2, 0.25) is 5.91 Å².